The predicted molar refractivity (Wildman–Crippen MR) is 180 cm³/mol. The highest BCUT2D eigenvalue weighted by Gasteiger charge is 2.33. The van der Waals surface area contributed by atoms with Gasteiger partial charge in [-0.05, 0) is 72.6 Å². The zero-order valence-electron chi connectivity index (χ0n) is 28.0. The van der Waals surface area contributed by atoms with Crippen molar-refractivity contribution in [2.24, 2.45) is 5.41 Å². The Balaban J connectivity index is 1.69. The fourth-order valence-electron chi connectivity index (χ4n) is 6.89. The average molecular weight is 653 g/mol. The van der Waals surface area contributed by atoms with Gasteiger partial charge in [-0.15, -0.1) is 0 Å². The lowest BCUT2D eigenvalue weighted by Gasteiger charge is -2.32. The molecule has 2 aliphatic rings. The van der Waals surface area contributed by atoms with Gasteiger partial charge >= 0.3 is 10.2 Å². The highest BCUT2D eigenvalue weighted by molar-refractivity contribution is 7.87. The third-order valence-corrected chi connectivity index (χ3v) is 10.8. The van der Waals surface area contributed by atoms with Gasteiger partial charge in [-0.25, -0.2) is 4.72 Å². The fourth-order valence-corrected chi connectivity index (χ4v) is 7.43. The molecule has 2 amide bonds. The second-order valence-corrected chi connectivity index (χ2v) is 15.5. The van der Waals surface area contributed by atoms with Crippen molar-refractivity contribution in [3.8, 4) is 17.0 Å². The van der Waals surface area contributed by atoms with E-state index in [1.165, 1.54) is 26.1 Å². The molecule has 1 N–H and O–H groups in total. The molecule has 2 aromatic carbocycles. The molecule has 10 nitrogen and oxygen atoms in total. The normalized spacial score (nSPS) is 16.6. The quantitative estimate of drug-likeness (QED) is 0.311. The second-order valence-electron chi connectivity index (χ2n) is 13.6. The summed E-state index contributed by atoms with van der Waals surface area (Å²) in [5.74, 6) is 0.529. The zero-order valence-corrected chi connectivity index (χ0v) is 28.8. The van der Waals surface area contributed by atoms with Crippen LogP contribution in [0.2, 0.25) is 0 Å². The molecule has 250 valence electrons. The summed E-state index contributed by atoms with van der Waals surface area (Å²) >= 11 is 0. The molecule has 1 saturated carbocycles. The molecule has 5 rings (SSSR count). The maximum Gasteiger partial charge on any atom is 0.303 e. The molecule has 1 aliphatic carbocycles. The molecule has 1 saturated heterocycles. The number of fused-ring (bicyclic) bond motifs is 1. The molecule has 11 heteroatoms. The Morgan fingerprint density at radius 1 is 1.04 bits per heavy atom. The van der Waals surface area contributed by atoms with Crippen LogP contribution in [0.3, 0.4) is 0 Å². The molecule has 1 aliphatic heterocycles. The Morgan fingerprint density at radius 3 is 2.37 bits per heavy atom. The standard InChI is InChI=1S/C35H48N4O6S/c1-24-20-27(44-6)13-15-28(24)33-32(25-10-8-7-9-11-25)29-14-12-26(34(41)36-46(42,43)37(4)5)21-30(29)39(33)23-35(2,3)22-31(40)38-16-18-45-19-17-38/h12-15,20-21,25H,7-11,16-19,22-23H2,1-6H3,(H,36,41). The molecule has 1 aromatic heterocycles. The number of morpholine rings is 1. The van der Waals surface area contributed by atoms with E-state index in [-0.39, 0.29) is 11.5 Å². The Hall–Kier alpha value is -3.41. The summed E-state index contributed by atoms with van der Waals surface area (Å²) in [4.78, 5) is 28.7. The van der Waals surface area contributed by atoms with Crippen molar-refractivity contribution in [1.82, 2.24) is 18.5 Å². The van der Waals surface area contributed by atoms with E-state index < -0.39 is 21.5 Å². The van der Waals surface area contributed by atoms with Crippen LogP contribution >= 0.6 is 0 Å². The van der Waals surface area contributed by atoms with Gasteiger partial charge in [0, 0.05) is 62.2 Å². The highest BCUT2D eigenvalue weighted by Crippen LogP contribution is 2.46. The van der Waals surface area contributed by atoms with Gasteiger partial charge in [-0.1, -0.05) is 39.2 Å². The summed E-state index contributed by atoms with van der Waals surface area (Å²) in [6.07, 6.45) is 6.02. The summed E-state index contributed by atoms with van der Waals surface area (Å²) in [5, 5.41) is 1.06. The average Bonchev–Trinajstić information content (AvgIpc) is 3.33. The summed E-state index contributed by atoms with van der Waals surface area (Å²) in [6.45, 7) is 9.12. The van der Waals surface area contributed by atoms with Gasteiger partial charge in [-0.2, -0.15) is 12.7 Å². The van der Waals surface area contributed by atoms with Crippen molar-refractivity contribution in [2.75, 3.05) is 47.5 Å². The van der Waals surface area contributed by atoms with Gasteiger partial charge in [0.05, 0.1) is 26.0 Å². The van der Waals surface area contributed by atoms with Crippen LogP contribution in [-0.2, 0) is 26.3 Å². The number of hydrogen-bond acceptors (Lipinski definition) is 6. The number of rotatable bonds is 10. The van der Waals surface area contributed by atoms with E-state index in [0.29, 0.717) is 45.2 Å². The van der Waals surface area contributed by atoms with Crippen molar-refractivity contribution < 1.29 is 27.5 Å². The van der Waals surface area contributed by atoms with Crippen LogP contribution in [-0.4, -0.2) is 81.5 Å². The molecule has 0 atom stereocenters. The van der Waals surface area contributed by atoms with Crippen molar-refractivity contribution in [3.63, 3.8) is 0 Å². The molecular weight excluding hydrogens is 604 g/mol. The van der Waals surface area contributed by atoms with E-state index in [1.54, 1.807) is 13.2 Å². The molecule has 2 heterocycles. The fraction of sp³-hybridized carbons (Fsp3) is 0.543. The third-order valence-electron chi connectivity index (χ3n) is 9.35. The van der Waals surface area contributed by atoms with Gasteiger partial charge in [-0.3, -0.25) is 9.59 Å². The first-order valence-electron chi connectivity index (χ1n) is 16.2. The summed E-state index contributed by atoms with van der Waals surface area (Å²) < 4.78 is 41.5. The lowest BCUT2D eigenvalue weighted by molar-refractivity contribution is -0.137. The lowest BCUT2D eigenvalue weighted by atomic mass is 9.81. The van der Waals surface area contributed by atoms with E-state index in [9.17, 15) is 18.0 Å². The van der Waals surface area contributed by atoms with Crippen molar-refractivity contribution >= 4 is 32.9 Å². The van der Waals surface area contributed by atoms with Gasteiger partial charge in [0.25, 0.3) is 5.91 Å². The number of amides is 2. The number of aryl methyl sites for hydroxylation is 1. The van der Waals surface area contributed by atoms with Crippen molar-refractivity contribution in [2.45, 2.75) is 71.8 Å². The summed E-state index contributed by atoms with van der Waals surface area (Å²) in [7, 11) is 0.448. The van der Waals surface area contributed by atoms with E-state index in [4.69, 9.17) is 9.47 Å². The minimum atomic E-state index is -3.97. The molecular formula is C35H48N4O6S. The zero-order chi connectivity index (χ0) is 33.2. The number of aromatic nitrogens is 1. The van der Waals surface area contributed by atoms with E-state index in [1.807, 2.05) is 29.2 Å². The van der Waals surface area contributed by atoms with Crippen LogP contribution in [0.4, 0.5) is 0 Å². The Labute approximate surface area is 273 Å². The van der Waals surface area contributed by atoms with Crippen LogP contribution in [0.25, 0.3) is 22.2 Å². The van der Waals surface area contributed by atoms with Crippen LogP contribution in [0, 0.1) is 12.3 Å². The number of methoxy groups -OCH3 is 1. The van der Waals surface area contributed by atoms with E-state index in [0.717, 1.165) is 63.5 Å². The number of nitrogens with one attached hydrogen (secondary N) is 1. The summed E-state index contributed by atoms with van der Waals surface area (Å²) in [5.41, 5.74) is 5.16. The Kier molecular flexibility index (Phi) is 10.1. The molecule has 0 bridgehead atoms. The van der Waals surface area contributed by atoms with Gasteiger partial charge in [0.15, 0.2) is 0 Å². The molecule has 0 spiro atoms. The van der Waals surface area contributed by atoms with Crippen LogP contribution in [0.15, 0.2) is 36.4 Å². The second kappa shape index (κ2) is 13.8. The topological polar surface area (TPSA) is 110 Å². The first kappa shape index (κ1) is 33.9. The third kappa shape index (κ3) is 7.26. The Bertz CT molecular complexity index is 1700. The van der Waals surface area contributed by atoms with Gasteiger partial charge in [0.2, 0.25) is 5.91 Å². The number of hydrogen-bond donors (Lipinski definition) is 1. The van der Waals surface area contributed by atoms with Crippen molar-refractivity contribution in [3.05, 3.63) is 53.1 Å². The highest BCUT2D eigenvalue weighted by atomic mass is 32.2. The number of ether oxygens (including phenoxy) is 2. The Morgan fingerprint density at radius 2 is 1.74 bits per heavy atom. The van der Waals surface area contributed by atoms with E-state index >= 15 is 0 Å². The van der Waals surface area contributed by atoms with Crippen LogP contribution in [0.5, 0.6) is 5.75 Å². The monoisotopic (exact) mass is 652 g/mol. The number of carbonyl (C=O) groups excluding carboxylic acids is 2. The van der Waals surface area contributed by atoms with Gasteiger partial charge < -0.3 is 18.9 Å². The van der Waals surface area contributed by atoms with Crippen LogP contribution in [0.1, 0.15) is 79.8 Å². The SMILES string of the molecule is COc1ccc(-c2c(C3CCCCC3)c3ccc(C(=O)NS(=O)(=O)N(C)C)cc3n2CC(C)(C)CC(=O)N2CCOCC2)c(C)c1. The summed E-state index contributed by atoms with van der Waals surface area (Å²) in [6, 6.07) is 11.6. The van der Waals surface area contributed by atoms with Crippen LogP contribution < -0.4 is 9.46 Å². The molecule has 3 aromatic rings. The predicted octanol–water partition coefficient (Wildman–Crippen LogP) is 5.48. The first-order chi connectivity index (χ1) is 21.8. The van der Waals surface area contributed by atoms with Gasteiger partial charge in [0.1, 0.15) is 5.75 Å². The number of benzene rings is 2. The molecule has 2 fully saturated rings. The molecule has 0 unspecified atom stereocenters. The lowest BCUT2D eigenvalue weighted by Crippen LogP contribution is -2.42. The van der Waals surface area contributed by atoms with E-state index in [2.05, 4.69) is 36.1 Å². The number of nitrogens with zero attached hydrogens (tertiary/aromatic N) is 3. The number of carbonyl (C=O) groups is 2. The first-order valence-corrected chi connectivity index (χ1v) is 17.7. The minimum absolute atomic E-state index is 0.105. The smallest absolute Gasteiger partial charge is 0.303 e. The largest absolute Gasteiger partial charge is 0.497 e. The van der Waals surface area contributed by atoms with Crippen molar-refractivity contribution in [1.29, 1.82) is 0 Å². The molecule has 0 radical (unpaired) electrons. The minimum Gasteiger partial charge on any atom is -0.497 e. The maximum atomic E-state index is 13.5. The maximum absolute atomic E-state index is 13.5. The molecule has 46 heavy (non-hydrogen) atoms.